The van der Waals surface area contributed by atoms with Crippen molar-refractivity contribution < 1.29 is 19.4 Å². The number of esters is 1. The van der Waals surface area contributed by atoms with Gasteiger partial charge in [0.2, 0.25) is 0 Å². The van der Waals surface area contributed by atoms with Crippen LogP contribution in [-0.4, -0.2) is 29.1 Å². The van der Waals surface area contributed by atoms with E-state index in [9.17, 15) is 14.7 Å². The van der Waals surface area contributed by atoms with Gasteiger partial charge in [-0.25, -0.2) is 0 Å². The molecule has 4 nitrogen and oxygen atoms in total. The first-order valence-corrected chi connectivity index (χ1v) is 5.97. The van der Waals surface area contributed by atoms with E-state index in [-0.39, 0.29) is 30.7 Å². The number of aliphatic hydroxyl groups excluding tert-OH is 1. The molecule has 0 amide bonds. The Balaban J connectivity index is 2.47. The summed E-state index contributed by atoms with van der Waals surface area (Å²) < 4.78 is 5.09. The van der Waals surface area contributed by atoms with Gasteiger partial charge in [0.1, 0.15) is 11.9 Å². The van der Waals surface area contributed by atoms with E-state index in [1.54, 1.807) is 6.92 Å². The zero-order valence-corrected chi connectivity index (χ0v) is 9.78. The van der Waals surface area contributed by atoms with Crippen molar-refractivity contribution in [1.82, 2.24) is 0 Å². The minimum atomic E-state index is -0.433. The Bertz CT molecular complexity index is 249. The average molecular weight is 228 g/mol. The van der Waals surface area contributed by atoms with Crippen LogP contribution in [0.2, 0.25) is 0 Å². The van der Waals surface area contributed by atoms with Crippen LogP contribution in [0.5, 0.6) is 0 Å². The van der Waals surface area contributed by atoms with Crippen LogP contribution in [0.1, 0.15) is 51.9 Å². The molecular weight excluding hydrogens is 208 g/mol. The summed E-state index contributed by atoms with van der Waals surface area (Å²) in [5.74, 6) is -0.228. The van der Waals surface area contributed by atoms with Crippen molar-refractivity contribution in [3.05, 3.63) is 0 Å². The summed E-state index contributed by atoms with van der Waals surface area (Å²) >= 11 is 0. The Morgan fingerprint density at radius 3 is 2.69 bits per heavy atom. The van der Waals surface area contributed by atoms with Crippen LogP contribution in [0.4, 0.5) is 0 Å². The molecule has 0 bridgehead atoms. The molecule has 1 aliphatic heterocycles. The van der Waals surface area contributed by atoms with Gasteiger partial charge in [0.15, 0.2) is 0 Å². The van der Waals surface area contributed by atoms with Gasteiger partial charge in [-0.2, -0.15) is 0 Å². The molecule has 1 saturated heterocycles. The van der Waals surface area contributed by atoms with Crippen molar-refractivity contribution in [2.24, 2.45) is 0 Å². The maximum absolute atomic E-state index is 11.3. The number of cyclic esters (lactones) is 1. The number of rotatable bonds is 0. The molecule has 0 unspecified atom stereocenters. The minimum Gasteiger partial charge on any atom is -0.463 e. The van der Waals surface area contributed by atoms with E-state index >= 15 is 0 Å². The van der Waals surface area contributed by atoms with E-state index in [4.69, 9.17) is 4.74 Å². The van der Waals surface area contributed by atoms with Crippen LogP contribution in [0.25, 0.3) is 0 Å². The highest BCUT2D eigenvalue weighted by Crippen LogP contribution is 2.14. The zero-order chi connectivity index (χ0) is 12.0. The third kappa shape index (κ3) is 5.26. The third-order valence-corrected chi connectivity index (χ3v) is 2.79. The predicted molar refractivity (Wildman–Crippen MR) is 58.9 cm³/mol. The predicted octanol–water partition coefficient (Wildman–Crippen LogP) is 1.59. The molecule has 16 heavy (non-hydrogen) atoms. The summed E-state index contributed by atoms with van der Waals surface area (Å²) in [6.45, 7) is 1.77. The van der Waals surface area contributed by atoms with Crippen LogP contribution < -0.4 is 0 Å². The molecular formula is C12H20O4. The van der Waals surface area contributed by atoms with E-state index < -0.39 is 6.10 Å². The van der Waals surface area contributed by atoms with Gasteiger partial charge in [0.25, 0.3) is 0 Å². The standard InChI is InChI=1S/C12H20O4/c1-9-8-11(14)5-3-2-4-10(13)6-7-12(15)16-9/h9,11,14H,2-8H2,1H3/t9-,11-/m0/s1. The van der Waals surface area contributed by atoms with Gasteiger partial charge < -0.3 is 9.84 Å². The molecule has 1 aliphatic rings. The first-order chi connectivity index (χ1) is 7.58. The molecule has 2 atom stereocenters. The summed E-state index contributed by atoms with van der Waals surface area (Å²) in [5.41, 5.74) is 0. The topological polar surface area (TPSA) is 63.6 Å². The molecule has 0 radical (unpaired) electrons. The maximum Gasteiger partial charge on any atom is 0.306 e. The second-order valence-electron chi connectivity index (χ2n) is 4.47. The Morgan fingerprint density at radius 2 is 1.94 bits per heavy atom. The number of aliphatic hydroxyl groups is 1. The normalized spacial score (nSPS) is 30.1. The summed E-state index contributed by atoms with van der Waals surface area (Å²) in [6, 6.07) is 0. The van der Waals surface area contributed by atoms with Crippen molar-refractivity contribution in [2.45, 2.75) is 64.1 Å². The van der Waals surface area contributed by atoms with Crippen LogP contribution >= 0.6 is 0 Å². The number of hydrogen-bond donors (Lipinski definition) is 1. The second-order valence-corrected chi connectivity index (χ2v) is 4.47. The van der Waals surface area contributed by atoms with E-state index in [1.807, 2.05) is 0 Å². The number of ether oxygens (including phenoxy) is 1. The molecule has 1 fully saturated rings. The lowest BCUT2D eigenvalue weighted by Crippen LogP contribution is -2.22. The molecule has 0 saturated carbocycles. The van der Waals surface area contributed by atoms with Crippen LogP contribution in [0.15, 0.2) is 0 Å². The van der Waals surface area contributed by atoms with Crippen LogP contribution in [0, 0.1) is 0 Å². The number of carbonyl (C=O) groups excluding carboxylic acids is 2. The van der Waals surface area contributed by atoms with Gasteiger partial charge in [0, 0.05) is 19.3 Å². The fraction of sp³-hybridized carbons (Fsp3) is 0.833. The molecule has 1 heterocycles. The lowest BCUT2D eigenvalue weighted by atomic mass is 10.0. The van der Waals surface area contributed by atoms with E-state index in [1.165, 1.54) is 0 Å². The van der Waals surface area contributed by atoms with Crippen molar-refractivity contribution in [1.29, 1.82) is 0 Å². The van der Waals surface area contributed by atoms with Crippen molar-refractivity contribution in [2.75, 3.05) is 0 Å². The third-order valence-electron chi connectivity index (χ3n) is 2.79. The van der Waals surface area contributed by atoms with Crippen LogP contribution in [-0.2, 0) is 14.3 Å². The first kappa shape index (κ1) is 13.2. The molecule has 0 aromatic rings. The van der Waals surface area contributed by atoms with Gasteiger partial charge in [-0.1, -0.05) is 6.42 Å². The van der Waals surface area contributed by atoms with Gasteiger partial charge >= 0.3 is 5.97 Å². The Morgan fingerprint density at radius 1 is 1.19 bits per heavy atom. The maximum atomic E-state index is 11.3. The van der Waals surface area contributed by atoms with Crippen LogP contribution in [0.3, 0.4) is 0 Å². The van der Waals surface area contributed by atoms with Gasteiger partial charge in [-0.05, 0) is 19.8 Å². The van der Waals surface area contributed by atoms with Crippen molar-refractivity contribution >= 4 is 11.8 Å². The number of ketones is 1. The molecule has 0 spiro atoms. The lowest BCUT2D eigenvalue weighted by molar-refractivity contribution is -0.150. The Labute approximate surface area is 96.0 Å². The van der Waals surface area contributed by atoms with Crippen molar-refractivity contribution in [3.63, 3.8) is 0 Å². The highest BCUT2D eigenvalue weighted by atomic mass is 16.5. The summed E-state index contributed by atoms with van der Waals surface area (Å²) in [6.07, 6.45) is 3.08. The Kier molecular flexibility index (Phi) is 5.46. The minimum absolute atomic E-state index is 0.111. The highest BCUT2D eigenvalue weighted by molar-refractivity contribution is 5.82. The highest BCUT2D eigenvalue weighted by Gasteiger charge is 2.16. The number of hydrogen-bond acceptors (Lipinski definition) is 4. The van der Waals surface area contributed by atoms with E-state index in [0.717, 1.165) is 12.8 Å². The largest absolute Gasteiger partial charge is 0.463 e. The second kappa shape index (κ2) is 6.63. The summed E-state index contributed by atoms with van der Waals surface area (Å²) in [7, 11) is 0. The fourth-order valence-corrected chi connectivity index (χ4v) is 1.90. The number of Topliss-reactive ketones (excluding diaryl/α,β-unsaturated/α-hetero) is 1. The fourth-order valence-electron chi connectivity index (χ4n) is 1.90. The molecule has 0 aromatic heterocycles. The van der Waals surface area contributed by atoms with E-state index in [0.29, 0.717) is 19.3 Å². The Hall–Kier alpha value is -0.900. The van der Waals surface area contributed by atoms with Gasteiger partial charge in [-0.3, -0.25) is 9.59 Å². The number of carbonyl (C=O) groups is 2. The van der Waals surface area contributed by atoms with Gasteiger partial charge in [-0.15, -0.1) is 0 Å². The van der Waals surface area contributed by atoms with E-state index in [2.05, 4.69) is 0 Å². The molecule has 92 valence electrons. The first-order valence-electron chi connectivity index (χ1n) is 5.97. The molecule has 0 aliphatic carbocycles. The SMILES string of the molecule is C[C@H]1C[C@@H](O)CCCCC(=O)CCC(=O)O1. The average Bonchev–Trinajstić information content (AvgIpc) is 2.20. The molecule has 4 heteroatoms. The molecule has 1 N–H and O–H groups in total. The van der Waals surface area contributed by atoms with Gasteiger partial charge in [0.05, 0.1) is 12.5 Å². The monoisotopic (exact) mass is 228 g/mol. The van der Waals surface area contributed by atoms with Crippen molar-refractivity contribution in [3.8, 4) is 0 Å². The lowest BCUT2D eigenvalue weighted by Gasteiger charge is -2.18. The molecule has 1 rings (SSSR count). The smallest absolute Gasteiger partial charge is 0.306 e. The zero-order valence-electron chi connectivity index (χ0n) is 9.78. The summed E-state index contributed by atoms with van der Waals surface area (Å²) in [5, 5.41) is 9.64. The quantitative estimate of drug-likeness (QED) is 0.639. The summed E-state index contributed by atoms with van der Waals surface area (Å²) in [4.78, 5) is 22.6. The molecule has 0 aromatic carbocycles.